The van der Waals surface area contributed by atoms with Gasteiger partial charge in [0.1, 0.15) is 0 Å². The Morgan fingerprint density at radius 1 is 1.00 bits per heavy atom. The normalized spacial score (nSPS) is 15.4. The Hall–Kier alpha value is -4.43. The standard InChI is InChI=1S/C28H28N4O4/c1-3-36-28(35)19-11-14-21-22(15-19)32-27(34)23(21)25(18-7-5-4-6-8-18)31-20-12-9-17(10-13-20)24(29)16(2)26(30)33/h4-16,24,31H,3,29H2,1-2H3,(H2,30,33)(H,32,34)/b25-23-. The van der Waals surface area contributed by atoms with Crippen molar-refractivity contribution in [1.82, 2.24) is 0 Å². The van der Waals surface area contributed by atoms with Crippen molar-refractivity contribution in [3.8, 4) is 0 Å². The van der Waals surface area contributed by atoms with E-state index >= 15 is 0 Å². The van der Waals surface area contributed by atoms with Gasteiger partial charge in [-0.15, -0.1) is 0 Å². The second kappa shape index (κ2) is 10.5. The summed E-state index contributed by atoms with van der Waals surface area (Å²) in [5.74, 6) is -1.70. The molecule has 3 aromatic rings. The molecule has 2 unspecified atom stereocenters. The topological polar surface area (TPSA) is 137 Å². The Labute approximate surface area is 209 Å². The average molecular weight is 485 g/mol. The molecule has 0 spiro atoms. The number of rotatable bonds is 8. The van der Waals surface area contributed by atoms with Gasteiger partial charge >= 0.3 is 5.97 Å². The van der Waals surface area contributed by atoms with Crippen LogP contribution in [0.25, 0.3) is 11.3 Å². The van der Waals surface area contributed by atoms with Gasteiger partial charge in [-0.25, -0.2) is 4.79 Å². The molecule has 36 heavy (non-hydrogen) atoms. The van der Waals surface area contributed by atoms with Crippen LogP contribution in [-0.4, -0.2) is 24.4 Å². The van der Waals surface area contributed by atoms with Crippen molar-refractivity contribution in [2.24, 2.45) is 17.4 Å². The predicted octanol–water partition coefficient (Wildman–Crippen LogP) is 3.92. The van der Waals surface area contributed by atoms with Crippen LogP contribution in [-0.2, 0) is 14.3 Å². The summed E-state index contributed by atoms with van der Waals surface area (Å²) in [5, 5.41) is 6.24. The molecule has 4 rings (SSSR count). The number of anilines is 2. The van der Waals surface area contributed by atoms with Crippen LogP contribution >= 0.6 is 0 Å². The van der Waals surface area contributed by atoms with Crippen LogP contribution in [0.1, 0.15) is 46.9 Å². The summed E-state index contributed by atoms with van der Waals surface area (Å²) in [6.45, 7) is 3.70. The summed E-state index contributed by atoms with van der Waals surface area (Å²) in [6.07, 6.45) is 0. The quantitative estimate of drug-likeness (QED) is 0.283. The highest BCUT2D eigenvalue weighted by atomic mass is 16.5. The van der Waals surface area contributed by atoms with E-state index in [1.165, 1.54) is 0 Å². The molecule has 8 nitrogen and oxygen atoms in total. The average Bonchev–Trinajstić information content (AvgIpc) is 3.22. The fourth-order valence-electron chi connectivity index (χ4n) is 4.04. The first-order valence-corrected chi connectivity index (χ1v) is 11.6. The van der Waals surface area contributed by atoms with Gasteiger partial charge in [-0.3, -0.25) is 9.59 Å². The summed E-state index contributed by atoms with van der Waals surface area (Å²) < 4.78 is 5.08. The first kappa shape index (κ1) is 24.7. The fourth-order valence-corrected chi connectivity index (χ4v) is 4.04. The number of nitrogens with two attached hydrogens (primary N) is 2. The molecule has 0 saturated carbocycles. The molecule has 0 aliphatic carbocycles. The van der Waals surface area contributed by atoms with Crippen molar-refractivity contribution in [1.29, 1.82) is 0 Å². The van der Waals surface area contributed by atoms with Gasteiger partial charge in [0.2, 0.25) is 5.91 Å². The minimum Gasteiger partial charge on any atom is -0.462 e. The van der Waals surface area contributed by atoms with E-state index in [1.54, 1.807) is 32.0 Å². The molecule has 0 bridgehead atoms. The smallest absolute Gasteiger partial charge is 0.338 e. The zero-order valence-electron chi connectivity index (χ0n) is 20.1. The van der Waals surface area contributed by atoms with Crippen molar-refractivity contribution >= 4 is 40.4 Å². The second-order valence-electron chi connectivity index (χ2n) is 8.51. The van der Waals surface area contributed by atoms with E-state index in [9.17, 15) is 14.4 Å². The van der Waals surface area contributed by atoms with E-state index < -0.39 is 23.8 Å². The van der Waals surface area contributed by atoms with Gasteiger partial charge in [-0.2, -0.15) is 0 Å². The Bertz CT molecular complexity index is 1330. The molecule has 8 heteroatoms. The maximum atomic E-state index is 13.1. The number of ether oxygens (including phenoxy) is 1. The van der Waals surface area contributed by atoms with E-state index in [4.69, 9.17) is 16.2 Å². The van der Waals surface area contributed by atoms with E-state index in [-0.39, 0.29) is 12.5 Å². The molecule has 0 saturated heterocycles. The zero-order chi connectivity index (χ0) is 25.8. The molecule has 3 aromatic carbocycles. The number of benzene rings is 3. The van der Waals surface area contributed by atoms with Gasteiger partial charge in [0, 0.05) is 17.3 Å². The Morgan fingerprint density at radius 3 is 2.33 bits per heavy atom. The molecule has 0 fully saturated rings. The molecular formula is C28H28N4O4. The van der Waals surface area contributed by atoms with E-state index in [0.29, 0.717) is 28.1 Å². The number of esters is 1. The number of hydrogen-bond acceptors (Lipinski definition) is 6. The lowest BCUT2D eigenvalue weighted by molar-refractivity contribution is -0.121. The predicted molar refractivity (Wildman–Crippen MR) is 140 cm³/mol. The first-order valence-electron chi connectivity index (χ1n) is 11.6. The Kier molecular flexibility index (Phi) is 7.17. The van der Waals surface area contributed by atoms with Crippen LogP contribution < -0.4 is 22.1 Å². The largest absolute Gasteiger partial charge is 0.462 e. The van der Waals surface area contributed by atoms with Crippen LogP contribution in [0, 0.1) is 5.92 Å². The number of carbonyl (C=O) groups excluding carboxylic acids is 3. The summed E-state index contributed by atoms with van der Waals surface area (Å²) in [4.78, 5) is 36.8. The van der Waals surface area contributed by atoms with Gasteiger partial charge in [0.05, 0.1) is 35.0 Å². The number of nitrogens with one attached hydrogen (secondary N) is 2. The molecule has 1 aliphatic heterocycles. The molecule has 184 valence electrons. The number of amides is 2. The number of fused-ring (bicyclic) bond motifs is 1. The van der Waals surface area contributed by atoms with Crippen LogP contribution in [0.4, 0.5) is 11.4 Å². The molecule has 2 atom stereocenters. The van der Waals surface area contributed by atoms with Crippen LogP contribution in [0.5, 0.6) is 0 Å². The van der Waals surface area contributed by atoms with E-state index in [0.717, 1.165) is 16.8 Å². The lowest BCUT2D eigenvalue weighted by atomic mass is 9.94. The molecule has 1 aliphatic rings. The highest BCUT2D eigenvalue weighted by Crippen LogP contribution is 2.38. The van der Waals surface area contributed by atoms with Gasteiger partial charge < -0.3 is 26.8 Å². The van der Waals surface area contributed by atoms with Crippen LogP contribution in [0.15, 0.2) is 72.8 Å². The Morgan fingerprint density at radius 2 is 1.69 bits per heavy atom. The summed E-state index contributed by atoms with van der Waals surface area (Å²) in [5.41, 5.74) is 16.5. The number of hydrogen-bond donors (Lipinski definition) is 4. The minimum atomic E-state index is -0.524. The van der Waals surface area contributed by atoms with Gasteiger partial charge in [0.25, 0.3) is 5.91 Å². The SMILES string of the molecule is CCOC(=O)c1ccc2c(c1)NC(=O)/C2=C(\Nc1ccc(C(N)C(C)C(N)=O)cc1)c1ccccc1. The van der Waals surface area contributed by atoms with E-state index in [2.05, 4.69) is 10.6 Å². The summed E-state index contributed by atoms with van der Waals surface area (Å²) in [6, 6.07) is 21.3. The molecule has 6 N–H and O–H groups in total. The highest BCUT2D eigenvalue weighted by Gasteiger charge is 2.29. The molecule has 0 aromatic heterocycles. The lowest BCUT2D eigenvalue weighted by Gasteiger charge is -2.19. The molecule has 2 amide bonds. The van der Waals surface area contributed by atoms with Crippen molar-refractivity contribution < 1.29 is 19.1 Å². The van der Waals surface area contributed by atoms with Crippen molar-refractivity contribution in [3.05, 3.63) is 95.1 Å². The minimum absolute atomic E-state index is 0.265. The molecule has 1 heterocycles. The first-order chi connectivity index (χ1) is 17.3. The zero-order valence-corrected chi connectivity index (χ0v) is 20.1. The highest BCUT2D eigenvalue weighted by molar-refractivity contribution is 6.37. The van der Waals surface area contributed by atoms with Gasteiger partial charge in [-0.05, 0) is 42.3 Å². The van der Waals surface area contributed by atoms with Crippen molar-refractivity contribution in [2.45, 2.75) is 19.9 Å². The maximum absolute atomic E-state index is 13.1. The number of primary amides is 1. The van der Waals surface area contributed by atoms with Crippen molar-refractivity contribution in [3.63, 3.8) is 0 Å². The number of carbonyl (C=O) groups is 3. The van der Waals surface area contributed by atoms with Gasteiger partial charge in [-0.1, -0.05) is 55.5 Å². The Balaban J connectivity index is 1.73. The lowest BCUT2D eigenvalue weighted by Crippen LogP contribution is -2.30. The third kappa shape index (κ3) is 4.99. The maximum Gasteiger partial charge on any atom is 0.338 e. The third-order valence-corrected chi connectivity index (χ3v) is 6.14. The summed E-state index contributed by atoms with van der Waals surface area (Å²) in [7, 11) is 0. The van der Waals surface area contributed by atoms with Gasteiger partial charge in [0.15, 0.2) is 0 Å². The van der Waals surface area contributed by atoms with Crippen LogP contribution in [0.2, 0.25) is 0 Å². The van der Waals surface area contributed by atoms with Crippen molar-refractivity contribution in [2.75, 3.05) is 17.2 Å². The summed E-state index contributed by atoms with van der Waals surface area (Å²) >= 11 is 0. The molecule has 0 radical (unpaired) electrons. The second-order valence-corrected chi connectivity index (χ2v) is 8.51. The monoisotopic (exact) mass is 484 g/mol. The van der Waals surface area contributed by atoms with E-state index in [1.807, 2.05) is 54.6 Å². The fraction of sp³-hybridized carbons (Fsp3) is 0.179. The van der Waals surface area contributed by atoms with Crippen LogP contribution in [0.3, 0.4) is 0 Å². The molecular weight excluding hydrogens is 456 g/mol. The third-order valence-electron chi connectivity index (χ3n) is 6.14.